The van der Waals surface area contributed by atoms with Gasteiger partial charge in [0.1, 0.15) is 5.82 Å². The molecule has 4 saturated carbocycles. The summed E-state index contributed by atoms with van der Waals surface area (Å²) < 4.78 is 15.4. The number of non-ortho nitro benzene ring substituents is 1. The van der Waals surface area contributed by atoms with Gasteiger partial charge in [-0.1, -0.05) is 54.2 Å². The van der Waals surface area contributed by atoms with Crippen molar-refractivity contribution < 1.29 is 14.1 Å². The van der Waals surface area contributed by atoms with E-state index < -0.39 is 11.0 Å². The summed E-state index contributed by atoms with van der Waals surface area (Å²) in [6.45, 7) is 0. The number of nitro benzene ring substituents is 1. The van der Waals surface area contributed by atoms with Crippen molar-refractivity contribution in [3.8, 4) is 5.69 Å². The summed E-state index contributed by atoms with van der Waals surface area (Å²) >= 11 is 1.44. The minimum atomic E-state index is -0.472. The number of carbonyl (C=O) groups excluding carboxylic acids is 1. The monoisotopic (exact) mass is 611 g/mol. The number of nitro groups is 1. The Bertz CT molecular complexity index is 1620. The molecular weight excluding hydrogens is 577 g/mol. The predicted octanol–water partition coefficient (Wildman–Crippen LogP) is 7.22. The number of nitrogens with zero attached hydrogens (tertiary/aromatic N) is 4. The Hall–Kier alpha value is -4.05. The van der Waals surface area contributed by atoms with E-state index in [0.717, 1.165) is 30.4 Å². The van der Waals surface area contributed by atoms with Crippen LogP contribution in [0, 0.1) is 39.1 Å². The SMILES string of the molecule is O=C(NC(Cc1ccccc1)c1nnc(SCc2ccc(F)cc2)n1-c1ccc([N+](=O)[O-])cc1)C12CC3CC(CC(C3)C1)C2. The minimum Gasteiger partial charge on any atom is -0.345 e. The Labute approximate surface area is 259 Å². The van der Waals surface area contributed by atoms with Crippen molar-refractivity contribution in [1.29, 1.82) is 0 Å². The summed E-state index contributed by atoms with van der Waals surface area (Å²) in [6.07, 6.45) is 7.14. The molecule has 1 amide bonds. The van der Waals surface area contributed by atoms with Gasteiger partial charge in [0.15, 0.2) is 11.0 Å². The lowest BCUT2D eigenvalue weighted by Crippen LogP contribution is -2.54. The molecule has 1 N–H and O–H groups in total. The molecule has 0 saturated heterocycles. The van der Waals surface area contributed by atoms with Gasteiger partial charge in [0, 0.05) is 29.0 Å². The lowest BCUT2D eigenvalue weighted by molar-refractivity contribution is -0.384. The number of thioether (sulfide) groups is 1. The maximum Gasteiger partial charge on any atom is 0.269 e. The van der Waals surface area contributed by atoms with Crippen molar-refractivity contribution >= 4 is 23.4 Å². The van der Waals surface area contributed by atoms with Gasteiger partial charge in [0.05, 0.1) is 11.0 Å². The fraction of sp³-hybridized carbons (Fsp3) is 0.382. The molecule has 8 rings (SSSR count). The average molecular weight is 612 g/mol. The molecule has 1 heterocycles. The van der Waals surface area contributed by atoms with Crippen molar-refractivity contribution in [2.45, 2.75) is 61.9 Å². The zero-order valence-electron chi connectivity index (χ0n) is 24.3. The van der Waals surface area contributed by atoms with Crippen LogP contribution >= 0.6 is 11.8 Å². The summed E-state index contributed by atoms with van der Waals surface area (Å²) in [5, 5.41) is 24.7. The zero-order valence-corrected chi connectivity index (χ0v) is 25.1. The number of halogens is 1. The molecule has 3 aromatic carbocycles. The molecule has 4 fully saturated rings. The van der Waals surface area contributed by atoms with Crippen LogP contribution in [0.4, 0.5) is 10.1 Å². The highest BCUT2D eigenvalue weighted by Crippen LogP contribution is 2.60. The quantitative estimate of drug-likeness (QED) is 0.115. The lowest BCUT2D eigenvalue weighted by Gasteiger charge is -2.55. The van der Waals surface area contributed by atoms with Crippen LogP contribution in [0.1, 0.15) is 61.5 Å². The fourth-order valence-corrected chi connectivity index (χ4v) is 8.97. The van der Waals surface area contributed by atoms with Crippen LogP contribution in [-0.2, 0) is 17.0 Å². The molecule has 8 nitrogen and oxygen atoms in total. The van der Waals surface area contributed by atoms with Gasteiger partial charge in [0.2, 0.25) is 5.91 Å². The first-order valence-electron chi connectivity index (χ1n) is 15.3. The highest BCUT2D eigenvalue weighted by atomic mass is 32.2. The number of rotatable bonds is 10. The van der Waals surface area contributed by atoms with Gasteiger partial charge in [-0.3, -0.25) is 19.5 Å². The summed E-state index contributed by atoms with van der Waals surface area (Å²) in [5.41, 5.74) is 2.30. The van der Waals surface area contributed by atoms with Gasteiger partial charge in [-0.25, -0.2) is 4.39 Å². The van der Waals surface area contributed by atoms with Crippen LogP contribution in [0.15, 0.2) is 84.0 Å². The van der Waals surface area contributed by atoms with Gasteiger partial charge < -0.3 is 5.32 Å². The third kappa shape index (κ3) is 5.75. The largest absolute Gasteiger partial charge is 0.345 e. The highest BCUT2D eigenvalue weighted by molar-refractivity contribution is 7.98. The van der Waals surface area contributed by atoms with E-state index in [4.69, 9.17) is 0 Å². The predicted molar refractivity (Wildman–Crippen MR) is 166 cm³/mol. The third-order valence-electron chi connectivity index (χ3n) is 9.68. The topological polar surface area (TPSA) is 103 Å². The Kier molecular flexibility index (Phi) is 7.70. The second kappa shape index (κ2) is 11.8. The van der Waals surface area contributed by atoms with E-state index in [-0.39, 0.29) is 22.8 Å². The second-order valence-electron chi connectivity index (χ2n) is 12.8. The van der Waals surface area contributed by atoms with Crippen LogP contribution in [0.3, 0.4) is 0 Å². The molecule has 1 aromatic heterocycles. The van der Waals surface area contributed by atoms with E-state index in [1.165, 1.54) is 55.3 Å². The standard InChI is InChI=1S/C34H34FN5O3S/c35-27-8-6-23(7-9-27)21-44-33-38-37-31(39(33)28-10-12-29(13-11-28)40(42)43)30(17-22-4-2-1-3-5-22)36-32(41)34-18-24-14-25(19-34)16-26(15-24)20-34/h1-13,24-26,30H,14-21H2,(H,36,41). The molecule has 1 atom stereocenters. The molecule has 0 aliphatic heterocycles. The molecule has 226 valence electrons. The molecular formula is C34H34FN5O3S. The van der Waals surface area contributed by atoms with Crippen molar-refractivity contribution in [1.82, 2.24) is 20.1 Å². The van der Waals surface area contributed by atoms with E-state index in [9.17, 15) is 19.3 Å². The minimum absolute atomic E-state index is 0.0140. The molecule has 0 radical (unpaired) electrons. The smallest absolute Gasteiger partial charge is 0.269 e. The number of amides is 1. The maximum absolute atomic E-state index is 14.3. The van der Waals surface area contributed by atoms with Gasteiger partial charge in [-0.2, -0.15) is 0 Å². The van der Waals surface area contributed by atoms with Gasteiger partial charge in [-0.15, -0.1) is 10.2 Å². The number of nitrogens with one attached hydrogen (secondary N) is 1. The van der Waals surface area contributed by atoms with Gasteiger partial charge in [-0.05, 0) is 98.1 Å². The second-order valence-corrected chi connectivity index (χ2v) is 13.7. The summed E-state index contributed by atoms with van der Waals surface area (Å²) in [5.74, 6) is 2.81. The molecule has 10 heteroatoms. The first-order valence-corrected chi connectivity index (χ1v) is 16.3. The molecule has 1 unspecified atom stereocenters. The molecule has 4 aliphatic carbocycles. The maximum atomic E-state index is 14.3. The number of carbonyl (C=O) groups is 1. The average Bonchev–Trinajstić information content (AvgIpc) is 3.44. The highest BCUT2D eigenvalue weighted by Gasteiger charge is 2.55. The van der Waals surface area contributed by atoms with Gasteiger partial charge >= 0.3 is 0 Å². The summed E-state index contributed by atoms with van der Waals surface area (Å²) in [6, 6.07) is 22.2. The molecule has 4 bridgehead atoms. The summed E-state index contributed by atoms with van der Waals surface area (Å²) in [4.78, 5) is 25.3. The first kappa shape index (κ1) is 28.7. The van der Waals surface area contributed by atoms with Crippen LogP contribution in [0.5, 0.6) is 0 Å². The van der Waals surface area contributed by atoms with E-state index in [2.05, 4.69) is 15.5 Å². The third-order valence-corrected chi connectivity index (χ3v) is 10.7. The Morgan fingerprint density at radius 3 is 2.18 bits per heavy atom. The van der Waals surface area contributed by atoms with Crippen LogP contribution < -0.4 is 5.32 Å². The molecule has 4 aromatic rings. The number of hydrogen-bond acceptors (Lipinski definition) is 6. The molecule has 44 heavy (non-hydrogen) atoms. The van der Waals surface area contributed by atoms with E-state index >= 15 is 0 Å². The van der Waals surface area contributed by atoms with Crippen LogP contribution in [0.25, 0.3) is 5.69 Å². The lowest BCUT2D eigenvalue weighted by atomic mass is 9.49. The molecule has 4 aliphatic rings. The van der Waals surface area contributed by atoms with Gasteiger partial charge in [0.25, 0.3) is 5.69 Å². The molecule has 0 spiro atoms. The Morgan fingerprint density at radius 2 is 1.57 bits per heavy atom. The van der Waals surface area contributed by atoms with Crippen LogP contribution in [0.2, 0.25) is 0 Å². The van der Waals surface area contributed by atoms with Crippen molar-refractivity contribution in [3.05, 3.63) is 112 Å². The van der Waals surface area contributed by atoms with E-state index in [1.54, 1.807) is 24.3 Å². The summed E-state index contributed by atoms with van der Waals surface area (Å²) in [7, 11) is 0. The van der Waals surface area contributed by atoms with Crippen molar-refractivity contribution in [2.24, 2.45) is 23.2 Å². The van der Waals surface area contributed by atoms with E-state index in [0.29, 0.717) is 46.6 Å². The zero-order chi connectivity index (χ0) is 30.3. The van der Waals surface area contributed by atoms with E-state index in [1.807, 2.05) is 34.9 Å². The number of benzene rings is 3. The normalized spacial score (nSPS) is 24.2. The Balaban J connectivity index is 1.25. The number of hydrogen-bond donors (Lipinski definition) is 1. The fourth-order valence-electron chi connectivity index (χ4n) is 8.05. The number of aromatic nitrogens is 3. The first-order chi connectivity index (χ1) is 21.3. The van der Waals surface area contributed by atoms with Crippen molar-refractivity contribution in [3.63, 3.8) is 0 Å². The van der Waals surface area contributed by atoms with Crippen LogP contribution in [-0.4, -0.2) is 25.6 Å². The van der Waals surface area contributed by atoms with Crippen molar-refractivity contribution in [2.75, 3.05) is 0 Å². The Morgan fingerprint density at radius 1 is 0.932 bits per heavy atom.